The lowest BCUT2D eigenvalue weighted by molar-refractivity contribution is 0.269. The minimum atomic E-state index is 0.646. The van der Waals surface area contributed by atoms with E-state index in [1.807, 2.05) is 0 Å². The van der Waals surface area contributed by atoms with Crippen molar-refractivity contribution >= 4 is 0 Å². The summed E-state index contributed by atoms with van der Waals surface area (Å²) < 4.78 is 2.16. The molecule has 0 aliphatic heterocycles. The second-order valence-electron chi connectivity index (χ2n) is 4.72. The summed E-state index contributed by atoms with van der Waals surface area (Å²) in [6, 6.07) is 4.89. The van der Waals surface area contributed by atoms with Crippen LogP contribution < -0.4 is 5.32 Å². The summed E-state index contributed by atoms with van der Waals surface area (Å²) in [6.07, 6.45) is 3.29. The van der Waals surface area contributed by atoms with E-state index in [1.54, 1.807) is 0 Å². The second-order valence-corrected chi connectivity index (χ2v) is 4.72. The monoisotopic (exact) mass is 223 g/mol. The summed E-state index contributed by atoms with van der Waals surface area (Å²) in [4.78, 5) is 2.38. The van der Waals surface area contributed by atoms with Crippen molar-refractivity contribution in [2.75, 3.05) is 20.1 Å². The maximum absolute atomic E-state index is 3.48. The standard InChI is InChI=1S/C13H25N3/c1-12(2)15(3)10-6-8-14-11-13-7-5-9-16(13)4/h5,7,9,12,14H,6,8,10-11H2,1-4H3. The molecular formula is C13H25N3. The normalized spacial score (nSPS) is 11.6. The van der Waals surface area contributed by atoms with E-state index in [2.05, 4.69) is 61.1 Å². The minimum absolute atomic E-state index is 0.646. The van der Waals surface area contributed by atoms with Gasteiger partial charge in [0.1, 0.15) is 0 Å². The molecule has 1 heterocycles. The second kappa shape index (κ2) is 6.71. The Morgan fingerprint density at radius 3 is 2.75 bits per heavy atom. The number of hydrogen-bond donors (Lipinski definition) is 1. The van der Waals surface area contributed by atoms with E-state index in [9.17, 15) is 0 Å². The third-order valence-electron chi connectivity index (χ3n) is 3.10. The Bertz CT molecular complexity index is 291. The van der Waals surface area contributed by atoms with Gasteiger partial charge in [-0.05, 0) is 52.5 Å². The van der Waals surface area contributed by atoms with Crippen LogP contribution >= 0.6 is 0 Å². The topological polar surface area (TPSA) is 20.2 Å². The molecule has 0 atom stereocenters. The Hall–Kier alpha value is -0.800. The first kappa shape index (κ1) is 13.3. The van der Waals surface area contributed by atoms with Crippen LogP contribution in [-0.2, 0) is 13.6 Å². The van der Waals surface area contributed by atoms with E-state index in [0.29, 0.717) is 6.04 Å². The van der Waals surface area contributed by atoms with Crippen molar-refractivity contribution in [3.05, 3.63) is 24.0 Å². The molecule has 1 N–H and O–H groups in total. The highest BCUT2D eigenvalue weighted by Gasteiger charge is 2.01. The Morgan fingerprint density at radius 2 is 2.19 bits per heavy atom. The predicted octanol–water partition coefficient (Wildman–Crippen LogP) is 1.84. The van der Waals surface area contributed by atoms with Crippen molar-refractivity contribution in [2.45, 2.75) is 32.9 Å². The molecule has 0 amide bonds. The first-order chi connectivity index (χ1) is 7.61. The lowest BCUT2D eigenvalue weighted by Crippen LogP contribution is -2.29. The van der Waals surface area contributed by atoms with E-state index in [0.717, 1.165) is 19.6 Å². The highest BCUT2D eigenvalue weighted by atomic mass is 15.1. The quantitative estimate of drug-likeness (QED) is 0.712. The van der Waals surface area contributed by atoms with Gasteiger partial charge in [-0.3, -0.25) is 0 Å². The Labute approximate surface area is 99.4 Å². The van der Waals surface area contributed by atoms with Gasteiger partial charge in [0.05, 0.1) is 0 Å². The summed E-state index contributed by atoms with van der Waals surface area (Å²) in [7, 11) is 4.27. The fraction of sp³-hybridized carbons (Fsp3) is 0.692. The number of aromatic nitrogens is 1. The van der Waals surface area contributed by atoms with E-state index in [-0.39, 0.29) is 0 Å². The molecule has 3 nitrogen and oxygen atoms in total. The minimum Gasteiger partial charge on any atom is -0.353 e. The average Bonchev–Trinajstić information content (AvgIpc) is 2.63. The SMILES string of the molecule is CC(C)N(C)CCCNCc1cccn1C. The van der Waals surface area contributed by atoms with Crippen molar-refractivity contribution in [1.29, 1.82) is 0 Å². The fourth-order valence-corrected chi connectivity index (χ4v) is 1.61. The van der Waals surface area contributed by atoms with Gasteiger partial charge in [0, 0.05) is 31.5 Å². The van der Waals surface area contributed by atoms with Crippen LogP contribution in [0.25, 0.3) is 0 Å². The zero-order chi connectivity index (χ0) is 12.0. The maximum atomic E-state index is 3.48. The molecule has 0 aromatic carbocycles. The summed E-state index contributed by atoms with van der Waals surface area (Å²) in [5.74, 6) is 0. The summed E-state index contributed by atoms with van der Waals surface area (Å²) in [5, 5.41) is 3.48. The van der Waals surface area contributed by atoms with Crippen molar-refractivity contribution in [3.63, 3.8) is 0 Å². The van der Waals surface area contributed by atoms with Crippen molar-refractivity contribution in [1.82, 2.24) is 14.8 Å². The zero-order valence-corrected chi connectivity index (χ0v) is 11.0. The van der Waals surface area contributed by atoms with Gasteiger partial charge in [-0.1, -0.05) is 0 Å². The molecule has 92 valence electrons. The Morgan fingerprint density at radius 1 is 1.44 bits per heavy atom. The molecule has 0 aliphatic carbocycles. The molecule has 1 rings (SSSR count). The van der Waals surface area contributed by atoms with Gasteiger partial charge < -0.3 is 14.8 Å². The van der Waals surface area contributed by atoms with Crippen LogP contribution in [0.1, 0.15) is 26.0 Å². The lowest BCUT2D eigenvalue weighted by Gasteiger charge is -2.20. The molecule has 0 saturated heterocycles. The van der Waals surface area contributed by atoms with Crippen LogP contribution in [0.4, 0.5) is 0 Å². The smallest absolute Gasteiger partial charge is 0.0359 e. The molecule has 1 aromatic rings. The Balaban J connectivity index is 2.07. The zero-order valence-electron chi connectivity index (χ0n) is 11.0. The first-order valence-electron chi connectivity index (χ1n) is 6.12. The molecule has 0 spiro atoms. The van der Waals surface area contributed by atoms with Gasteiger partial charge in [0.2, 0.25) is 0 Å². The van der Waals surface area contributed by atoms with Crippen molar-refractivity contribution < 1.29 is 0 Å². The molecule has 0 unspecified atom stereocenters. The van der Waals surface area contributed by atoms with Crippen LogP contribution in [-0.4, -0.2) is 35.6 Å². The van der Waals surface area contributed by atoms with Gasteiger partial charge in [-0.15, -0.1) is 0 Å². The van der Waals surface area contributed by atoms with E-state index in [4.69, 9.17) is 0 Å². The number of nitrogens with zero attached hydrogens (tertiary/aromatic N) is 2. The third-order valence-corrected chi connectivity index (χ3v) is 3.10. The summed E-state index contributed by atoms with van der Waals surface area (Å²) in [5.41, 5.74) is 1.34. The molecule has 0 saturated carbocycles. The summed E-state index contributed by atoms with van der Waals surface area (Å²) in [6.45, 7) is 7.68. The van der Waals surface area contributed by atoms with Crippen LogP contribution in [0.5, 0.6) is 0 Å². The highest BCUT2D eigenvalue weighted by molar-refractivity contribution is 5.05. The van der Waals surface area contributed by atoms with Gasteiger partial charge in [0.15, 0.2) is 0 Å². The average molecular weight is 223 g/mol. The molecule has 0 aliphatic rings. The predicted molar refractivity (Wildman–Crippen MR) is 69.5 cm³/mol. The number of rotatable bonds is 7. The molecular weight excluding hydrogens is 198 g/mol. The van der Waals surface area contributed by atoms with Gasteiger partial charge in [-0.25, -0.2) is 0 Å². The van der Waals surface area contributed by atoms with Gasteiger partial charge >= 0.3 is 0 Å². The molecule has 0 radical (unpaired) electrons. The van der Waals surface area contributed by atoms with Crippen LogP contribution in [0, 0.1) is 0 Å². The van der Waals surface area contributed by atoms with Crippen LogP contribution in [0.3, 0.4) is 0 Å². The van der Waals surface area contributed by atoms with Crippen molar-refractivity contribution in [2.24, 2.45) is 7.05 Å². The van der Waals surface area contributed by atoms with Crippen LogP contribution in [0.2, 0.25) is 0 Å². The van der Waals surface area contributed by atoms with Gasteiger partial charge in [-0.2, -0.15) is 0 Å². The number of aryl methyl sites for hydroxylation is 1. The van der Waals surface area contributed by atoms with E-state index < -0.39 is 0 Å². The fourth-order valence-electron chi connectivity index (χ4n) is 1.61. The third kappa shape index (κ3) is 4.37. The largest absolute Gasteiger partial charge is 0.353 e. The molecule has 1 aromatic heterocycles. The maximum Gasteiger partial charge on any atom is 0.0359 e. The number of nitrogens with one attached hydrogen (secondary N) is 1. The van der Waals surface area contributed by atoms with E-state index in [1.165, 1.54) is 12.1 Å². The molecule has 0 fully saturated rings. The van der Waals surface area contributed by atoms with Crippen molar-refractivity contribution in [3.8, 4) is 0 Å². The van der Waals surface area contributed by atoms with Crippen LogP contribution in [0.15, 0.2) is 18.3 Å². The summed E-state index contributed by atoms with van der Waals surface area (Å²) >= 11 is 0. The molecule has 0 bridgehead atoms. The van der Waals surface area contributed by atoms with E-state index >= 15 is 0 Å². The Kier molecular flexibility index (Phi) is 5.56. The lowest BCUT2D eigenvalue weighted by atomic mass is 10.3. The molecule has 3 heteroatoms. The molecule has 16 heavy (non-hydrogen) atoms. The number of hydrogen-bond acceptors (Lipinski definition) is 2. The van der Waals surface area contributed by atoms with Gasteiger partial charge in [0.25, 0.3) is 0 Å². The highest BCUT2D eigenvalue weighted by Crippen LogP contribution is 1.99. The first-order valence-corrected chi connectivity index (χ1v) is 6.12.